The molecular formula is C14H14FN3O. The number of anilines is 2. The monoisotopic (exact) mass is 259 g/mol. The molecule has 19 heavy (non-hydrogen) atoms. The van der Waals surface area contributed by atoms with E-state index in [-0.39, 0.29) is 18.1 Å². The van der Waals surface area contributed by atoms with Crippen molar-refractivity contribution in [1.82, 2.24) is 4.98 Å². The Morgan fingerprint density at radius 1 is 1.26 bits per heavy atom. The highest BCUT2D eigenvalue weighted by molar-refractivity contribution is 5.90. The van der Waals surface area contributed by atoms with Crippen molar-refractivity contribution in [1.29, 1.82) is 0 Å². The average molecular weight is 259 g/mol. The van der Waals surface area contributed by atoms with E-state index < -0.39 is 0 Å². The van der Waals surface area contributed by atoms with Gasteiger partial charge in [-0.15, -0.1) is 0 Å². The van der Waals surface area contributed by atoms with Gasteiger partial charge in [0.25, 0.3) is 0 Å². The summed E-state index contributed by atoms with van der Waals surface area (Å²) in [6.45, 7) is 0. The number of hydrogen-bond donors (Lipinski definition) is 2. The molecule has 0 radical (unpaired) electrons. The van der Waals surface area contributed by atoms with Gasteiger partial charge in [-0.05, 0) is 30.2 Å². The molecule has 1 amide bonds. The van der Waals surface area contributed by atoms with Crippen molar-refractivity contribution >= 4 is 17.4 Å². The summed E-state index contributed by atoms with van der Waals surface area (Å²) < 4.78 is 13.4. The third-order valence-corrected chi connectivity index (χ3v) is 2.65. The van der Waals surface area contributed by atoms with Gasteiger partial charge in [0.15, 0.2) is 0 Å². The summed E-state index contributed by atoms with van der Waals surface area (Å²) in [7, 11) is 0. The van der Waals surface area contributed by atoms with Gasteiger partial charge in [-0.2, -0.15) is 0 Å². The van der Waals surface area contributed by atoms with Crippen LogP contribution in [0.15, 0.2) is 42.6 Å². The van der Waals surface area contributed by atoms with Crippen LogP contribution in [0, 0.1) is 5.82 Å². The van der Waals surface area contributed by atoms with Crippen LogP contribution in [-0.4, -0.2) is 10.9 Å². The highest BCUT2D eigenvalue weighted by Gasteiger charge is 2.06. The van der Waals surface area contributed by atoms with Gasteiger partial charge in [0.05, 0.1) is 11.9 Å². The van der Waals surface area contributed by atoms with Crippen molar-refractivity contribution < 1.29 is 9.18 Å². The van der Waals surface area contributed by atoms with E-state index in [2.05, 4.69) is 10.3 Å². The molecule has 0 aliphatic rings. The first kappa shape index (κ1) is 13.0. The molecule has 0 saturated carbocycles. The standard InChI is InChI=1S/C14H14FN3O/c15-12-4-2-1-3-10(12)5-8-14(19)18-11-6-7-13(16)17-9-11/h1-4,6-7,9H,5,8H2,(H2,16,17)(H,18,19). The molecule has 4 nitrogen and oxygen atoms in total. The first-order valence-electron chi connectivity index (χ1n) is 5.90. The van der Waals surface area contributed by atoms with E-state index in [9.17, 15) is 9.18 Å². The number of rotatable bonds is 4. The second-order valence-electron chi connectivity index (χ2n) is 4.11. The molecule has 2 aromatic rings. The first-order chi connectivity index (χ1) is 9.15. The molecule has 0 atom stereocenters. The Morgan fingerprint density at radius 2 is 2.05 bits per heavy atom. The number of carbonyl (C=O) groups excluding carboxylic acids is 1. The van der Waals surface area contributed by atoms with E-state index in [1.807, 2.05) is 0 Å². The summed E-state index contributed by atoms with van der Waals surface area (Å²) in [5, 5.41) is 2.68. The molecule has 0 fully saturated rings. The number of amides is 1. The SMILES string of the molecule is Nc1ccc(NC(=O)CCc2ccccc2F)cn1. The van der Waals surface area contributed by atoms with Crippen LogP contribution in [0.25, 0.3) is 0 Å². The Morgan fingerprint density at radius 3 is 2.74 bits per heavy atom. The average Bonchev–Trinajstić information content (AvgIpc) is 2.40. The number of nitrogen functional groups attached to an aromatic ring is 1. The van der Waals surface area contributed by atoms with Crippen LogP contribution < -0.4 is 11.1 Å². The second-order valence-corrected chi connectivity index (χ2v) is 4.11. The van der Waals surface area contributed by atoms with Gasteiger partial charge in [-0.1, -0.05) is 18.2 Å². The van der Waals surface area contributed by atoms with E-state index in [1.165, 1.54) is 12.3 Å². The molecule has 1 heterocycles. The number of pyridine rings is 1. The lowest BCUT2D eigenvalue weighted by molar-refractivity contribution is -0.116. The van der Waals surface area contributed by atoms with E-state index in [1.54, 1.807) is 30.3 Å². The van der Waals surface area contributed by atoms with Gasteiger partial charge in [0.2, 0.25) is 5.91 Å². The van der Waals surface area contributed by atoms with Crippen molar-refractivity contribution in [3.05, 3.63) is 54.0 Å². The summed E-state index contributed by atoms with van der Waals surface area (Å²) in [6.07, 6.45) is 2.06. The maximum absolute atomic E-state index is 13.4. The lowest BCUT2D eigenvalue weighted by atomic mass is 10.1. The van der Waals surface area contributed by atoms with E-state index in [4.69, 9.17) is 5.73 Å². The minimum atomic E-state index is -0.288. The fraction of sp³-hybridized carbons (Fsp3) is 0.143. The topological polar surface area (TPSA) is 68.0 Å². The number of nitrogens with two attached hydrogens (primary N) is 1. The molecule has 2 rings (SSSR count). The van der Waals surface area contributed by atoms with Crippen molar-refractivity contribution in [2.24, 2.45) is 0 Å². The summed E-state index contributed by atoms with van der Waals surface area (Å²) in [5.41, 5.74) is 6.56. The normalized spacial score (nSPS) is 10.2. The molecular weight excluding hydrogens is 245 g/mol. The van der Waals surface area contributed by atoms with Crippen LogP contribution in [0.5, 0.6) is 0 Å². The molecule has 5 heteroatoms. The van der Waals surface area contributed by atoms with Gasteiger partial charge >= 0.3 is 0 Å². The zero-order chi connectivity index (χ0) is 13.7. The molecule has 1 aromatic carbocycles. The van der Waals surface area contributed by atoms with Crippen LogP contribution in [0.4, 0.5) is 15.9 Å². The largest absolute Gasteiger partial charge is 0.384 e. The lowest BCUT2D eigenvalue weighted by Crippen LogP contribution is -2.13. The van der Waals surface area contributed by atoms with Gasteiger partial charge in [-0.3, -0.25) is 4.79 Å². The molecule has 0 unspecified atom stereocenters. The highest BCUT2D eigenvalue weighted by atomic mass is 19.1. The van der Waals surface area contributed by atoms with Crippen LogP contribution in [0.3, 0.4) is 0 Å². The third kappa shape index (κ3) is 3.77. The maximum Gasteiger partial charge on any atom is 0.224 e. The number of nitrogens with zero attached hydrogens (tertiary/aromatic N) is 1. The molecule has 3 N–H and O–H groups in total. The van der Waals surface area contributed by atoms with Gasteiger partial charge in [-0.25, -0.2) is 9.37 Å². The Balaban J connectivity index is 1.88. The van der Waals surface area contributed by atoms with Crippen LogP contribution in [0.2, 0.25) is 0 Å². The molecule has 0 bridgehead atoms. The van der Waals surface area contributed by atoms with E-state index >= 15 is 0 Å². The van der Waals surface area contributed by atoms with Crippen LogP contribution in [-0.2, 0) is 11.2 Å². The lowest BCUT2D eigenvalue weighted by Gasteiger charge is -2.05. The number of hydrogen-bond acceptors (Lipinski definition) is 3. The zero-order valence-electron chi connectivity index (χ0n) is 10.3. The van der Waals surface area contributed by atoms with Gasteiger partial charge < -0.3 is 11.1 Å². The summed E-state index contributed by atoms with van der Waals surface area (Å²) >= 11 is 0. The summed E-state index contributed by atoms with van der Waals surface area (Å²) in [6, 6.07) is 9.71. The minimum Gasteiger partial charge on any atom is -0.384 e. The van der Waals surface area contributed by atoms with E-state index in [0.717, 1.165) is 0 Å². The number of benzene rings is 1. The number of aryl methyl sites for hydroxylation is 1. The van der Waals surface area contributed by atoms with Gasteiger partial charge in [0, 0.05) is 6.42 Å². The summed E-state index contributed by atoms with van der Waals surface area (Å²) in [4.78, 5) is 15.6. The molecule has 0 saturated heterocycles. The Kier molecular flexibility index (Phi) is 4.07. The number of nitrogens with one attached hydrogen (secondary N) is 1. The smallest absolute Gasteiger partial charge is 0.224 e. The molecule has 98 valence electrons. The molecule has 0 spiro atoms. The summed E-state index contributed by atoms with van der Waals surface area (Å²) in [5.74, 6) is -0.0800. The van der Waals surface area contributed by atoms with Gasteiger partial charge in [0.1, 0.15) is 11.6 Å². The number of halogens is 1. The number of carbonyl (C=O) groups is 1. The van der Waals surface area contributed by atoms with Crippen LogP contribution in [0.1, 0.15) is 12.0 Å². The van der Waals surface area contributed by atoms with Crippen LogP contribution >= 0.6 is 0 Å². The first-order valence-corrected chi connectivity index (χ1v) is 5.90. The Labute approximate surface area is 110 Å². The minimum absolute atomic E-state index is 0.185. The second kappa shape index (κ2) is 5.95. The fourth-order valence-corrected chi connectivity index (χ4v) is 1.65. The van der Waals surface area contributed by atoms with Crippen molar-refractivity contribution in [3.8, 4) is 0 Å². The van der Waals surface area contributed by atoms with Crippen molar-refractivity contribution in [2.75, 3.05) is 11.1 Å². The third-order valence-electron chi connectivity index (χ3n) is 2.65. The molecule has 0 aliphatic heterocycles. The Bertz CT molecular complexity index is 569. The maximum atomic E-state index is 13.4. The van der Waals surface area contributed by atoms with E-state index in [0.29, 0.717) is 23.5 Å². The quantitative estimate of drug-likeness (QED) is 0.885. The highest BCUT2D eigenvalue weighted by Crippen LogP contribution is 2.11. The molecule has 1 aromatic heterocycles. The Hall–Kier alpha value is -2.43. The zero-order valence-corrected chi connectivity index (χ0v) is 10.3. The fourth-order valence-electron chi connectivity index (χ4n) is 1.65. The molecule has 0 aliphatic carbocycles. The predicted molar refractivity (Wildman–Crippen MR) is 72.0 cm³/mol. The number of aromatic nitrogens is 1. The predicted octanol–water partition coefficient (Wildman–Crippen LogP) is 2.37. The van der Waals surface area contributed by atoms with Crippen molar-refractivity contribution in [3.63, 3.8) is 0 Å². The van der Waals surface area contributed by atoms with Crippen molar-refractivity contribution in [2.45, 2.75) is 12.8 Å².